The van der Waals surface area contributed by atoms with Gasteiger partial charge in [0.05, 0.1) is 0 Å². The summed E-state index contributed by atoms with van der Waals surface area (Å²) in [5.74, 6) is 5.25. The van der Waals surface area contributed by atoms with Gasteiger partial charge in [0.2, 0.25) is 0 Å². The first-order chi connectivity index (χ1) is 3.93. The Labute approximate surface area is 74.7 Å². The lowest BCUT2D eigenvalue weighted by molar-refractivity contribution is 0.379. The molecule has 0 aromatic heterocycles. The van der Waals surface area contributed by atoms with Crippen LogP contribution in [0.1, 0.15) is 32.1 Å². The van der Waals surface area contributed by atoms with Crippen molar-refractivity contribution in [2.75, 3.05) is 0 Å². The smallest absolute Gasteiger partial charge is 0.0210 e. The molecule has 10 heavy (non-hydrogen) atoms. The summed E-state index contributed by atoms with van der Waals surface area (Å²) in [4.78, 5) is 0. The van der Waals surface area contributed by atoms with Gasteiger partial charge in [-0.15, -0.1) is 24.8 Å². The molecule has 1 aliphatic carbocycles. The highest BCUT2D eigenvalue weighted by molar-refractivity contribution is 5.85. The van der Waals surface area contributed by atoms with Crippen molar-refractivity contribution in [1.82, 2.24) is 5.43 Å². The lowest BCUT2D eigenvalue weighted by Gasteiger charge is -2.19. The fourth-order valence-corrected chi connectivity index (χ4v) is 1.27. The van der Waals surface area contributed by atoms with Gasteiger partial charge >= 0.3 is 0 Å². The van der Waals surface area contributed by atoms with Gasteiger partial charge in [0, 0.05) is 6.04 Å². The third-order valence-electron chi connectivity index (χ3n) is 1.84. The minimum atomic E-state index is 0. The van der Waals surface area contributed by atoms with E-state index in [-0.39, 0.29) is 24.8 Å². The van der Waals surface area contributed by atoms with Crippen LogP contribution >= 0.6 is 24.8 Å². The van der Waals surface area contributed by atoms with Crippen LogP contribution in [-0.4, -0.2) is 6.04 Å². The van der Waals surface area contributed by atoms with Crippen LogP contribution in [-0.2, 0) is 0 Å². The van der Waals surface area contributed by atoms with Crippen molar-refractivity contribution >= 4 is 24.8 Å². The molecule has 1 rings (SSSR count). The molecular weight excluding hydrogens is 171 g/mol. The molecule has 1 aliphatic rings. The summed E-state index contributed by atoms with van der Waals surface area (Å²) in [7, 11) is 0. The Hall–Kier alpha value is 0.500. The van der Waals surface area contributed by atoms with Crippen LogP contribution in [0.25, 0.3) is 0 Å². The molecule has 0 saturated heterocycles. The van der Waals surface area contributed by atoms with Gasteiger partial charge in [0.25, 0.3) is 0 Å². The highest BCUT2D eigenvalue weighted by atomic mass is 35.5. The van der Waals surface area contributed by atoms with Crippen LogP contribution in [0.4, 0.5) is 0 Å². The van der Waals surface area contributed by atoms with E-state index in [9.17, 15) is 0 Å². The van der Waals surface area contributed by atoms with Crippen LogP contribution < -0.4 is 11.3 Å². The van der Waals surface area contributed by atoms with Gasteiger partial charge in [-0.1, -0.05) is 19.3 Å². The van der Waals surface area contributed by atoms with Crippen molar-refractivity contribution in [1.29, 1.82) is 0 Å². The highest BCUT2D eigenvalue weighted by Crippen LogP contribution is 2.16. The summed E-state index contributed by atoms with van der Waals surface area (Å²) >= 11 is 0. The molecule has 1 saturated carbocycles. The maximum absolute atomic E-state index is 5.25. The van der Waals surface area contributed by atoms with Crippen LogP contribution in [0, 0.1) is 0 Å². The van der Waals surface area contributed by atoms with E-state index in [0.29, 0.717) is 6.04 Å². The average Bonchev–Trinajstić information content (AvgIpc) is 1.90. The van der Waals surface area contributed by atoms with E-state index in [0.717, 1.165) is 0 Å². The van der Waals surface area contributed by atoms with Crippen LogP contribution in [0.2, 0.25) is 0 Å². The Morgan fingerprint density at radius 2 is 1.50 bits per heavy atom. The van der Waals surface area contributed by atoms with Gasteiger partial charge in [-0.25, -0.2) is 0 Å². The van der Waals surface area contributed by atoms with Gasteiger partial charge in [-0.2, -0.15) is 0 Å². The van der Waals surface area contributed by atoms with Crippen molar-refractivity contribution in [3.05, 3.63) is 0 Å². The Morgan fingerprint density at radius 1 is 1.00 bits per heavy atom. The number of rotatable bonds is 1. The number of hydrogen-bond acceptors (Lipinski definition) is 2. The van der Waals surface area contributed by atoms with Crippen molar-refractivity contribution in [3.8, 4) is 0 Å². The second-order valence-electron chi connectivity index (χ2n) is 2.50. The number of nitrogens with one attached hydrogen (secondary N) is 1. The van der Waals surface area contributed by atoms with Gasteiger partial charge in [-0.05, 0) is 12.8 Å². The fraction of sp³-hybridized carbons (Fsp3) is 1.00. The third-order valence-corrected chi connectivity index (χ3v) is 1.84. The van der Waals surface area contributed by atoms with Crippen LogP contribution in [0.5, 0.6) is 0 Å². The molecule has 0 unspecified atom stereocenters. The van der Waals surface area contributed by atoms with E-state index in [1.807, 2.05) is 0 Å². The zero-order chi connectivity index (χ0) is 5.82. The molecule has 2 nitrogen and oxygen atoms in total. The molecule has 0 aromatic rings. The van der Waals surface area contributed by atoms with E-state index >= 15 is 0 Å². The van der Waals surface area contributed by atoms with E-state index in [4.69, 9.17) is 5.84 Å². The number of hydrazine groups is 1. The van der Waals surface area contributed by atoms with Crippen LogP contribution in [0.15, 0.2) is 0 Å². The molecule has 4 heteroatoms. The normalized spacial score (nSPS) is 18.9. The monoisotopic (exact) mass is 186 g/mol. The van der Waals surface area contributed by atoms with Crippen molar-refractivity contribution in [2.24, 2.45) is 5.84 Å². The Balaban J connectivity index is 0. The first-order valence-corrected chi connectivity index (χ1v) is 3.39. The molecule has 0 spiro atoms. The molecule has 0 heterocycles. The summed E-state index contributed by atoms with van der Waals surface area (Å²) in [6.45, 7) is 0. The summed E-state index contributed by atoms with van der Waals surface area (Å²) in [6.07, 6.45) is 6.66. The maximum Gasteiger partial charge on any atom is 0.0210 e. The molecule has 64 valence electrons. The zero-order valence-corrected chi connectivity index (χ0v) is 7.64. The van der Waals surface area contributed by atoms with Gasteiger partial charge in [0.1, 0.15) is 0 Å². The van der Waals surface area contributed by atoms with E-state index in [1.165, 1.54) is 32.1 Å². The average molecular weight is 187 g/mol. The Morgan fingerprint density at radius 3 is 1.80 bits per heavy atom. The largest absolute Gasteiger partial charge is 0.271 e. The first-order valence-electron chi connectivity index (χ1n) is 3.39. The van der Waals surface area contributed by atoms with Crippen molar-refractivity contribution < 1.29 is 0 Å². The van der Waals surface area contributed by atoms with Gasteiger partial charge < -0.3 is 0 Å². The predicted octanol–water partition coefficient (Wildman–Crippen LogP) is 1.63. The van der Waals surface area contributed by atoms with Gasteiger partial charge in [0.15, 0.2) is 0 Å². The molecule has 0 amide bonds. The number of halogens is 2. The third kappa shape index (κ3) is 4.34. The van der Waals surface area contributed by atoms with E-state index < -0.39 is 0 Å². The lowest BCUT2D eigenvalue weighted by Crippen LogP contribution is -2.36. The lowest BCUT2D eigenvalue weighted by atomic mass is 9.96. The molecule has 0 radical (unpaired) electrons. The summed E-state index contributed by atoms with van der Waals surface area (Å²) in [5.41, 5.74) is 2.80. The number of nitrogens with two attached hydrogens (primary N) is 1. The predicted molar refractivity (Wildman–Crippen MR) is 48.7 cm³/mol. The topological polar surface area (TPSA) is 38.0 Å². The maximum atomic E-state index is 5.25. The second-order valence-corrected chi connectivity index (χ2v) is 2.50. The molecule has 0 aliphatic heterocycles. The number of hydrogen-bond donors (Lipinski definition) is 2. The molecular formula is C6H16Cl2N2. The Bertz CT molecular complexity index is 64.8. The quantitative estimate of drug-likeness (QED) is 0.483. The highest BCUT2D eigenvalue weighted by Gasteiger charge is 2.09. The minimum Gasteiger partial charge on any atom is -0.271 e. The summed E-state index contributed by atoms with van der Waals surface area (Å²) in [5, 5.41) is 0. The summed E-state index contributed by atoms with van der Waals surface area (Å²) in [6, 6.07) is 0.615. The molecule has 1 fully saturated rings. The molecule has 3 N–H and O–H groups in total. The first kappa shape index (κ1) is 13.1. The van der Waals surface area contributed by atoms with Crippen molar-refractivity contribution in [3.63, 3.8) is 0 Å². The van der Waals surface area contributed by atoms with E-state index in [2.05, 4.69) is 5.43 Å². The summed E-state index contributed by atoms with van der Waals surface area (Å²) < 4.78 is 0. The minimum absolute atomic E-state index is 0. The second kappa shape index (κ2) is 7.61. The van der Waals surface area contributed by atoms with Gasteiger partial charge in [-0.3, -0.25) is 11.3 Å². The standard InChI is InChI=1S/C6H14N2.2ClH/c7-8-6-4-2-1-3-5-6;;/h6,8H,1-5,7H2;2*1H. The SMILES string of the molecule is Cl.Cl.NNC1CCCCC1. The molecule has 0 bridgehead atoms. The zero-order valence-electron chi connectivity index (χ0n) is 6.01. The Kier molecular flexibility index (Phi) is 9.97. The van der Waals surface area contributed by atoms with E-state index in [1.54, 1.807) is 0 Å². The van der Waals surface area contributed by atoms with Crippen LogP contribution in [0.3, 0.4) is 0 Å². The van der Waals surface area contributed by atoms with Crippen molar-refractivity contribution in [2.45, 2.75) is 38.1 Å². The molecule has 0 aromatic carbocycles. The fourth-order valence-electron chi connectivity index (χ4n) is 1.27. The molecule has 0 atom stereocenters.